The number of amides is 1. The fourth-order valence-electron chi connectivity index (χ4n) is 1.97. The van der Waals surface area contributed by atoms with Crippen LogP contribution in [-0.4, -0.2) is 57.1 Å². The molecule has 1 aliphatic heterocycles. The van der Waals surface area contributed by atoms with Crippen LogP contribution in [0.1, 0.15) is 32.6 Å². The van der Waals surface area contributed by atoms with Crippen molar-refractivity contribution in [3.8, 4) is 0 Å². The number of likely N-dealkylation sites (N-methyl/N-ethyl adjacent to an activating group) is 1. The molecule has 0 bridgehead atoms. The van der Waals surface area contributed by atoms with Crippen LogP contribution in [0.5, 0.6) is 0 Å². The van der Waals surface area contributed by atoms with Crippen LogP contribution in [0, 0.1) is 0 Å². The fraction of sp³-hybridized carbons (Fsp3) is 0.917. The first kappa shape index (κ1) is 16.4. The number of rotatable bonds is 8. The van der Waals surface area contributed by atoms with Crippen LogP contribution in [0.3, 0.4) is 0 Å². The zero-order valence-electron chi connectivity index (χ0n) is 11.8. The predicted molar refractivity (Wildman–Crippen MR) is 75.4 cm³/mol. The van der Waals surface area contributed by atoms with Gasteiger partial charge in [-0.2, -0.15) is 0 Å². The van der Waals surface area contributed by atoms with E-state index in [0.717, 1.165) is 12.8 Å². The molecule has 0 spiro atoms. The lowest BCUT2D eigenvalue weighted by Gasteiger charge is -2.15. The molecule has 1 fully saturated rings. The lowest BCUT2D eigenvalue weighted by atomic mass is 10.3. The molecule has 7 heteroatoms. The Labute approximate surface area is 116 Å². The lowest BCUT2D eigenvalue weighted by Crippen LogP contribution is -2.37. The molecule has 0 aliphatic carbocycles. The van der Waals surface area contributed by atoms with Crippen molar-refractivity contribution in [1.82, 2.24) is 14.9 Å². The van der Waals surface area contributed by atoms with E-state index < -0.39 is 10.0 Å². The van der Waals surface area contributed by atoms with E-state index in [2.05, 4.69) is 10.6 Å². The third-order valence-corrected chi connectivity index (χ3v) is 5.32. The van der Waals surface area contributed by atoms with Crippen molar-refractivity contribution >= 4 is 15.9 Å². The first-order chi connectivity index (χ1) is 8.95. The highest BCUT2D eigenvalue weighted by Crippen LogP contribution is 2.14. The Morgan fingerprint density at radius 3 is 2.53 bits per heavy atom. The Morgan fingerprint density at radius 1 is 1.32 bits per heavy atom. The van der Waals surface area contributed by atoms with Gasteiger partial charge in [-0.15, -0.1) is 0 Å². The van der Waals surface area contributed by atoms with E-state index in [1.807, 2.05) is 14.0 Å². The summed E-state index contributed by atoms with van der Waals surface area (Å²) >= 11 is 0. The van der Waals surface area contributed by atoms with E-state index in [-0.39, 0.29) is 24.1 Å². The molecule has 2 N–H and O–H groups in total. The molecule has 19 heavy (non-hydrogen) atoms. The zero-order chi connectivity index (χ0) is 14.3. The molecule has 0 radical (unpaired) electrons. The van der Waals surface area contributed by atoms with Gasteiger partial charge in [-0.05, 0) is 33.2 Å². The van der Waals surface area contributed by atoms with Gasteiger partial charge in [-0.3, -0.25) is 4.79 Å². The Bertz CT molecular complexity index is 378. The number of carbonyl (C=O) groups excluding carboxylic acids is 1. The lowest BCUT2D eigenvalue weighted by molar-refractivity contribution is -0.121. The van der Waals surface area contributed by atoms with Crippen LogP contribution in [0.25, 0.3) is 0 Å². The summed E-state index contributed by atoms with van der Waals surface area (Å²) in [4.78, 5) is 11.5. The summed E-state index contributed by atoms with van der Waals surface area (Å²) in [5.74, 6) is -0.0131. The molecular weight excluding hydrogens is 266 g/mol. The van der Waals surface area contributed by atoms with Crippen LogP contribution >= 0.6 is 0 Å². The quantitative estimate of drug-likeness (QED) is 0.655. The smallest absolute Gasteiger partial charge is 0.220 e. The average Bonchev–Trinajstić information content (AvgIpc) is 2.90. The molecule has 1 atom stereocenters. The number of sulfonamides is 1. The molecular formula is C12H25N3O3S. The van der Waals surface area contributed by atoms with Gasteiger partial charge in [-0.1, -0.05) is 0 Å². The van der Waals surface area contributed by atoms with Crippen molar-refractivity contribution in [1.29, 1.82) is 0 Å². The Morgan fingerprint density at radius 2 is 1.95 bits per heavy atom. The normalized spacial score (nSPS) is 18.4. The fourth-order valence-corrected chi connectivity index (χ4v) is 3.55. The molecule has 1 unspecified atom stereocenters. The Balaban J connectivity index is 2.20. The van der Waals surface area contributed by atoms with Crippen molar-refractivity contribution < 1.29 is 13.2 Å². The maximum atomic E-state index is 11.9. The minimum absolute atomic E-state index is 0.0714. The summed E-state index contributed by atoms with van der Waals surface area (Å²) in [6.07, 6.45) is 2.55. The van der Waals surface area contributed by atoms with E-state index in [1.54, 1.807) is 0 Å². The summed E-state index contributed by atoms with van der Waals surface area (Å²) in [5.41, 5.74) is 0. The second kappa shape index (κ2) is 7.81. The SMILES string of the molecule is CNC(C)CNC(=O)CCCS(=O)(=O)N1CCCC1. The molecule has 0 saturated carbocycles. The monoisotopic (exact) mass is 291 g/mol. The number of nitrogens with zero attached hydrogens (tertiary/aromatic N) is 1. The van der Waals surface area contributed by atoms with Crippen LogP contribution in [-0.2, 0) is 14.8 Å². The number of nitrogens with one attached hydrogen (secondary N) is 2. The van der Waals surface area contributed by atoms with Crippen LogP contribution in [0.2, 0.25) is 0 Å². The van der Waals surface area contributed by atoms with Gasteiger partial charge >= 0.3 is 0 Å². The standard InChI is InChI=1S/C12H25N3O3S/c1-11(13-2)10-14-12(16)6-5-9-19(17,18)15-7-3-4-8-15/h11,13H,3-10H2,1-2H3,(H,14,16). The minimum atomic E-state index is -3.15. The molecule has 1 saturated heterocycles. The van der Waals surface area contributed by atoms with E-state index in [0.29, 0.717) is 26.1 Å². The highest BCUT2D eigenvalue weighted by Gasteiger charge is 2.24. The van der Waals surface area contributed by atoms with Gasteiger partial charge in [0, 0.05) is 32.1 Å². The largest absolute Gasteiger partial charge is 0.355 e. The summed E-state index contributed by atoms with van der Waals surface area (Å²) in [5, 5.41) is 5.80. The third-order valence-electron chi connectivity index (χ3n) is 3.36. The van der Waals surface area contributed by atoms with Crippen molar-refractivity contribution in [2.24, 2.45) is 0 Å². The number of hydrogen-bond donors (Lipinski definition) is 2. The first-order valence-electron chi connectivity index (χ1n) is 6.87. The molecule has 1 heterocycles. The summed E-state index contributed by atoms with van der Waals surface area (Å²) in [7, 11) is -1.32. The van der Waals surface area contributed by atoms with Gasteiger partial charge in [0.2, 0.25) is 15.9 Å². The van der Waals surface area contributed by atoms with Gasteiger partial charge in [0.1, 0.15) is 0 Å². The molecule has 112 valence electrons. The van der Waals surface area contributed by atoms with Gasteiger partial charge in [0.15, 0.2) is 0 Å². The minimum Gasteiger partial charge on any atom is -0.355 e. The van der Waals surface area contributed by atoms with Gasteiger partial charge in [-0.25, -0.2) is 12.7 Å². The van der Waals surface area contributed by atoms with E-state index in [4.69, 9.17) is 0 Å². The van der Waals surface area contributed by atoms with E-state index in [1.165, 1.54) is 4.31 Å². The molecule has 1 rings (SSSR count). The second-order valence-electron chi connectivity index (χ2n) is 5.02. The summed E-state index contributed by atoms with van der Waals surface area (Å²) < 4.78 is 25.4. The molecule has 1 amide bonds. The highest BCUT2D eigenvalue weighted by molar-refractivity contribution is 7.89. The van der Waals surface area contributed by atoms with Crippen molar-refractivity contribution in [3.63, 3.8) is 0 Å². The van der Waals surface area contributed by atoms with Crippen molar-refractivity contribution in [2.75, 3.05) is 32.4 Å². The van der Waals surface area contributed by atoms with E-state index in [9.17, 15) is 13.2 Å². The zero-order valence-corrected chi connectivity index (χ0v) is 12.6. The number of carbonyl (C=O) groups is 1. The average molecular weight is 291 g/mol. The molecule has 0 aromatic rings. The van der Waals surface area contributed by atoms with Crippen molar-refractivity contribution in [2.45, 2.75) is 38.6 Å². The maximum absolute atomic E-state index is 11.9. The van der Waals surface area contributed by atoms with E-state index >= 15 is 0 Å². The molecule has 6 nitrogen and oxygen atoms in total. The summed E-state index contributed by atoms with van der Waals surface area (Å²) in [6.45, 7) is 3.80. The Hall–Kier alpha value is -0.660. The second-order valence-corrected chi connectivity index (χ2v) is 7.11. The maximum Gasteiger partial charge on any atom is 0.220 e. The Kier molecular flexibility index (Phi) is 6.74. The summed E-state index contributed by atoms with van der Waals surface area (Å²) in [6, 6.07) is 0.220. The predicted octanol–water partition coefficient (Wildman–Crippen LogP) is -0.0837. The van der Waals surface area contributed by atoms with Crippen LogP contribution < -0.4 is 10.6 Å². The first-order valence-corrected chi connectivity index (χ1v) is 8.48. The van der Waals surface area contributed by atoms with Crippen LogP contribution in [0.15, 0.2) is 0 Å². The third kappa shape index (κ3) is 5.88. The van der Waals surface area contributed by atoms with Crippen LogP contribution in [0.4, 0.5) is 0 Å². The topological polar surface area (TPSA) is 78.5 Å². The number of hydrogen-bond acceptors (Lipinski definition) is 4. The van der Waals surface area contributed by atoms with Gasteiger partial charge in [0.05, 0.1) is 5.75 Å². The van der Waals surface area contributed by atoms with Crippen molar-refractivity contribution in [3.05, 3.63) is 0 Å². The molecule has 1 aliphatic rings. The van der Waals surface area contributed by atoms with Gasteiger partial charge in [0.25, 0.3) is 0 Å². The molecule has 0 aromatic carbocycles. The molecule has 0 aromatic heterocycles. The van der Waals surface area contributed by atoms with Gasteiger partial charge < -0.3 is 10.6 Å². The highest BCUT2D eigenvalue weighted by atomic mass is 32.2.